The predicted octanol–water partition coefficient (Wildman–Crippen LogP) is 1.36. The highest BCUT2D eigenvalue weighted by Gasteiger charge is 2.24. The maximum absolute atomic E-state index is 11.7. The Kier molecular flexibility index (Phi) is 4.44. The fraction of sp³-hybridized carbons (Fsp3) is 0.571. The van der Waals surface area contributed by atoms with Crippen molar-refractivity contribution in [1.29, 1.82) is 0 Å². The molecular formula is C14H20N2O2. The van der Waals surface area contributed by atoms with Gasteiger partial charge in [0, 0.05) is 30.8 Å². The molecule has 0 saturated carbocycles. The number of ketones is 1. The van der Waals surface area contributed by atoms with Crippen LogP contribution in [-0.2, 0) is 4.79 Å². The van der Waals surface area contributed by atoms with Gasteiger partial charge in [-0.05, 0) is 18.4 Å². The number of allylic oxidation sites excluding steroid dienone is 2. The molecule has 0 bridgehead atoms. The molecule has 0 aromatic heterocycles. The van der Waals surface area contributed by atoms with E-state index in [0.717, 1.165) is 29.7 Å². The summed E-state index contributed by atoms with van der Waals surface area (Å²) in [6, 6.07) is 0.129. The van der Waals surface area contributed by atoms with Crippen LogP contribution in [0.4, 0.5) is 0 Å². The van der Waals surface area contributed by atoms with E-state index in [4.69, 9.17) is 0 Å². The third kappa shape index (κ3) is 2.76. The number of carbonyl (C=O) groups is 1. The molecule has 0 amide bonds. The van der Waals surface area contributed by atoms with E-state index in [-0.39, 0.29) is 18.4 Å². The lowest BCUT2D eigenvalue weighted by atomic mass is 10.0. The highest BCUT2D eigenvalue weighted by molar-refractivity contribution is 6.07. The number of hydrogen-bond acceptors (Lipinski definition) is 4. The molecule has 0 radical (unpaired) electrons. The van der Waals surface area contributed by atoms with Crippen LogP contribution in [0.15, 0.2) is 27.9 Å². The Morgan fingerprint density at radius 3 is 3.06 bits per heavy atom. The van der Waals surface area contributed by atoms with Crippen LogP contribution in [0, 0.1) is 0 Å². The molecule has 1 aliphatic heterocycles. The Bertz CT molecular complexity index is 422. The Morgan fingerprint density at radius 2 is 2.33 bits per heavy atom. The minimum Gasteiger partial charge on any atom is -0.395 e. The largest absolute Gasteiger partial charge is 0.395 e. The SMILES string of the molecule is CCC[C@H](CO)NCC1=CCC2=C1N=CCC2=O. The van der Waals surface area contributed by atoms with Gasteiger partial charge in [0.25, 0.3) is 0 Å². The summed E-state index contributed by atoms with van der Waals surface area (Å²) in [6.45, 7) is 2.92. The summed E-state index contributed by atoms with van der Waals surface area (Å²) in [5.74, 6) is 0.193. The van der Waals surface area contributed by atoms with Crippen LogP contribution in [0.25, 0.3) is 0 Å². The second kappa shape index (κ2) is 6.07. The second-order valence-electron chi connectivity index (χ2n) is 4.75. The molecular weight excluding hydrogens is 228 g/mol. The maximum Gasteiger partial charge on any atom is 0.166 e. The topological polar surface area (TPSA) is 61.7 Å². The van der Waals surface area contributed by atoms with Crippen LogP contribution in [0.3, 0.4) is 0 Å². The second-order valence-corrected chi connectivity index (χ2v) is 4.75. The number of nitrogens with zero attached hydrogens (tertiary/aromatic N) is 1. The summed E-state index contributed by atoms with van der Waals surface area (Å²) in [6.07, 6.45) is 6.90. The van der Waals surface area contributed by atoms with E-state index in [1.54, 1.807) is 6.21 Å². The average Bonchev–Trinajstić information content (AvgIpc) is 2.79. The van der Waals surface area contributed by atoms with E-state index in [1.165, 1.54) is 0 Å². The van der Waals surface area contributed by atoms with Crippen molar-refractivity contribution in [3.05, 3.63) is 22.9 Å². The predicted molar refractivity (Wildman–Crippen MR) is 71.6 cm³/mol. The number of carbonyl (C=O) groups excluding carboxylic acids is 1. The molecule has 0 spiro atoms. The first-order valence-corrected chi connectivity index (χ1v) is 6.58. The number of aliphatic hydroxyl groups excluding tert-OH is 1. The van der Waals surface area contributed by atoms with Crippen molar-refractivity contribution >= 4 is 12.0 Å². The van der Waals surface area contributed by atoms with Crippen molar-refractivity contribution in [2.75, 3.05) is 13.2 Å². The number of hydrogen-bond donors (Lipinski definition) is 2. The van der Waals surface area contributed by atoms with Crippen molar-refractivity contribution in [2.45, 2.75) is 38.6 Å². The van der Waals surface area contributed by atoms with E-state index < -0.39 is 0 Å². The molecule has 4 heteroatoms. The third-order valence-electron chi connectivity index (χ3n) is 3.41. The summed E-state index contributed by atoms with van der Waals surface area (Å²) in [5, 5.41) is 12.6. The Balaban J connectivity index is 1.95. The molecule has 2 rings (SSSR count). The van der Waals surface area contributed by atoms with Gasteiger partial charge < -0.3 is 10.4 Å². The molecule has 98 valence electrons. The van der Waals surface area contributed by atoms with Gasteiger partial charge in [0.2, 0.25) is 0 Å². The first-order chi connectivity index (χ1) is 8.76. The van der Waals surface area contributed by atoms with Crippen molar-refractivity contribution in [3.63, 3.8) is 0 Å². The molecule has 18 heavy (non-hydrogen) atoms. The molecule has 0 saturated heterocycles. The van der Waals surface area contributed by atoms with Crippen LogP contribution < -0.4 is 5.32 Å². The lowest BCUT2D eigenvalue weighted by molar-refractivity contribution is -0.114. The van der Waals surface area contributed by atoms with E-state index in [2.05, 4.69) is 23.3 Å². The highest BCUT2D eigenvalue weighted by atomic mass is 16.3. The van der Waals surface area contributed by atoms with E-state index in [1.807, 2.05) is 0 Å². The molecule has 0 fully saturated rings. The zero-order valence-corrected chi connectivity index (χ0v) is 10.8. The lowest BCUT2D eigenvalue weighted by Crippen LogP contribution is -2.33. The summed E-state index contributed by atoms with van der Waals surface area (Å²) in [5.41, 5.74) is 2.79. The summed E-state index contributed by atoms with van der Waals surface area (Å²) in [4.78, 5) is 16.0. The number of aliphatic imine (C=N–C) groups is 1. The first kappa shape index (κ1) is 13.2. The van der Waals surface area contributed by atoms with Gasteiger partial charge in [-0.3, -0.25) is 9.79 Å². The van der Waals surface area contributed by atoms with Crippen molar-refractivity contribution < 1.29 is 9.90 Å². The molecule has 1 aliphatic carbocycles. The monoisotopic (exact) mass is 248 g/mol. The summed E-state index contributed by atoms with van der Waals surface area (Å²) >= 11 is 0. The zero-order chi connectivity index (χ0) is 13.0. The number of nitrogens with one attached hydrogen (secondary N) is 1. The molecule has 0 unspecified atom stereocenters. The first-order valence-electron chi connectivity index (χ1n) is 6.58. The van der Waals surface area contributed by atoms with Gasteiger partial charge >= 0.3 is 0 Å². The lowest BCUT2D eigenvalue weighted by Gasteiger charge is -2.17. The zero-order valence-electron chi connectivity index (χ0n) is 10.8. The van der Waals surface area contributed by atoms with Crippen LogP contribution in [-0.4, -0.2) is 36.3 Å². The van der Waals surface area contributed by atoms with Gasteiger partial charge in [-0.2, -0.15) is 0 Å². The number of aliphatic hydroxyl groups is 1. The summed E-state index contributed by atoms with van der Waals surface area (Å²) < 4.78 is 0. The van der Waals surface area contributed by atoms with Gasteiger partial charge in [-0.15, -0.1) is 0 Å². The van der Waals surface area contributed by atoms with Gasteiger partial charge in [0.1, 0.15) is 0 Å². The van der Waals surface area contributed by atoms with Crippen LogP contribution in [0.1, 0.15) is 32.6 Å². The fourth-order valence-electron chi connectivity index (χ4n) is 2.38. The molecule has 2 aliphatic rings. The van der Waals surface area contributed by atoms with Crippen LogP contribution in [0.5, 0.6) is 0 Å². The van der Waals surface area contributed by atoms with Gasteiger partial charge in [0.05, 0.1) is 12.3 Å². The van der Waals surface area contributed by atoms with Crippen molar-refractivity contribution in [2.24, 2.45) is 4.99 Å². The number of Topliss-reactive ketones (excluding diaryl/α,β-unsaturated/α-hetero) is 1. The standard InChI is InChI=1S/C14H20N2O2/c1-2-3-11(9-17)16-8-10-4-5-12-13(18)6-7-15-14(10)12/h4,7,11,16-17H,2-3,5-6,8-9H2,1H3/t11-/m1/s1. The Labute approximate surface area is 107 Å². The molecule has 0 aromatic carbocycles. The molecule has 1 heterocycles. The normalized spacial score (nSPS) is 20.1. The molecule has 0 aromatic rings. The minimum atomic E-state index is 0.129. The van der Waals surface area contributed by atoms with Gasteiger partial charge in [-0.25, -0.2) is 0 Å². The van der Waals surface area contributed by atoms with E-state index in [9.17, 15) is 9.90 Å². The van der Waals surface area contributed by atoms with Crippen LogP contribution in [0.2, 0.25) is 0 Å². The third-order valence-corrected chi connectivity index (χ3v) is 3.41. The van der Waals surface area contributed by atoms with Gasteiger partial charge in [-0.1, -0.05) is 19.4 Å². The highest BCUT2D eigenvalue weighted by Crippen LogP contribution is 2.30. The minimum absolute atomic E-state index is 0.129. The van der Waals surface area contributed by atoms with Crippen molar-refractivity contribution in [1.82, 2.24) is 5.32 Å². The summed E-state index contributed by atoms with van der Waals surface area (Å²) in [7, 11) is 0. The Hall–Kier alpha value is -1.26. The fourth-order valence-corrected chi connectivity index (χ4v) is 2.38. The molecule has 2 N–H and O–H groups in total. The smallest absolute Gasteiger partial charge is 0.166 e. The van der Waals surface area contributed by atoms with Crippen LogP contribution >= 0.6 is 0 Å². The van der Waals surface area contributed by atoms with Gasteiger partial charge in [0.15, 0.2) is 5.78 Å². The van der Waals surface area contributed by atoms with Crippen molar-refractivity contribution in [3.8, 4) is 0 Å². The molecule has 4 nitrogen and oxygen atoms in total. The quantitative estimate of drug-likeness (QED) is 0.746. The number of rotatable bonds is 6. The maximum atomic E-state index is 11.7. The Morgan fingerprint density at radius 1 is 1.50 bits per heavy atom. The molecule has 1 atom stereocenters. The van der Waals surface area contributed by atoms with E-state index in [0.29, 0.717) is 19.4 Å². The van der Waals surface area contributed by atoms with E-state index >= 15 is 0 Å². The average molecular weight is 248 g/mol.